The van der Waals surface area contributed by atoms with Crippen LogP contribution in [0.2, 0.25) is 0 Å². The fraction of sp³-hybridized carbons (Fsp3) is 1.00. The van der Waals surface area contributed by atoms with Gasteiger partial charge in [-0.1, -0.05) is 34.6 Å². The summed E-state index contributed by atoms with van der Waals surface area (Å²) in [6.07, 6.45) is 8.44. The molecule has 0 aromatic carbocycles. The van der Waals surface area contributed by atoms with Crippen LogP contribution in [0.15, 0.2) is 0 Å². The maximum absolute atomic E-state index is 10.5. The zero-order chi connectivity index (χ0) is 23.9. The molecule has 31 heavy (non-hydrogen) atoms. The second-order valence-corrected chi connectivity index (χ2v) is 9.90. The summed E-state index contributed by atoms with van der Waals surface area (Å²) < 4.78 is 5.09. The van der Waals surface area contributed by atoms with E-state index < -0.39 is 11.2 Å². The van der Waals surface area contributed by atoms with Crippen LogP contribution in [0, 0.1) is 11.8 Å². The molecule has 0 radical (unpaired) electrons. The highest BCUT2D eigenvalue weighted by molar-refractivity contribution is 4.87. The Morgan fingerprint density at radius 3 is 1.74 bits per heavy atom. The van der Waals surface area contributed by atoms with E-state index in [9.17, 15) is 10.2 Å². The molecule has 188 valence electrons. The van der Waals surface area contributed by atoms with Crippen molar-refractivity contribution in [3.8, 4) is 0 Å². The van der Waals surface area contributed by atoms with Crippen LogP contribution in [0.1, 0.15) is 86.0 Å². The van der Waals surface area contributed by atoms with Gasteiger partial charge in [-0.15, -0.1) is 0 Å². The number of nitrogens with one attached hydrogen (secondary N) is 1. The van der Waals surface area contributed by atoms with Crippen LogP contribution in [0.3, 0.4) is 0 Å². The molecular formula is C25H55N3O3. The SMILES string of the molecule is CC.CC1CCC(O)(CNN(C)C)CC1.CCN(CCOC)CC1(O)CCC(C)CC1. The normalized spacial score (nSPS) is 31.0. The lowest BCUT2D eigenvalue weighted by Crippen LogP contribution is -2.47. The first kappa shape index (κ1) is 30.8. The van der Waals surface area contributed by atoms with Crippen molar-refractivity contribution in [2.24, 2.45) is 11.8 Å². The summed E-state index contributed by atoms with van der Waals surface area (Å²) in [5.41, 5.74) is 2.24. The molecular weight excluding hydrogens is 390 g/mol. The van der Waals surface area contributed by atoms with Crippen LogP contribution in [-0.4, -0.2) is 85.3 Å². The van der Waals surface area contributed by atoms with Crippen molar-refractivity contribution in [1.29, 1.82) is 0 Å². The summed E-state index contributed by atoms with van der Waals surface area (Å²) in [6.45, 7) is 14.8. The van der Waals surface area contributed by atoms with E-state index >= 15 is 0 Å². The average Bonchev–Trinajstić information content (AvgIpc) is 2.76. The topological polar surface area (TPSA) is 68.2 Å². The molecule has 3 N–H and O–H groups in total. The van der Waals surface area contributed by atoms with Gasteiger partial charge in [0.1, 0.15) is 0 Å². The minimum atomic E-state index is -0.462. The van der Waals surface area contributed by atoms with Gasteiger partial charge in [-0.25, -0.2) is 0 Å². The molecule has 0 atom stereocenters. The Kier molecular flexibility index (Phi) is 16.3. The number of likely N-dealkylation sites (N-methyl/N-ethyl adjacent to an activating group) is 1. The molecule has 0 saturated heterocycles. The molecule has 0 aromatic heterocycles. The van der Waals surface area contributed by atoms with Gasteiger partial charge in [0.15, 0.2) is 0 Å². The lowest BCUT2D eigenvalue weighted by Gasteiger charge is -2.38. The van der Waals surface area contributed by atoms with E-state index in [0.717, 1.165) is 76.6 Å². The van der Waals surface area contributed by atoms with E-state index in [4.69, 9.17) is 4.74 Å². The number of hydrogen-bond acceptors (Lipinski definition) is 6. The van der Waals surface area contributed by atoms with Crippen LogP contribution in [0.25, 0.3) is 0 Å². The number of hydrogen-bond donors (Lipinski definition) is 3. The van der Waals surface area contributed by atoms with Gasteiger partial charge in [-0.2, -0.15) is 0 Å². The predicted molar refractivity (Wildman–Crippen MR) is 132 cm³/mol. The first-order valence-corrected chi connectivity index (χ1v) is 12.7. The number of methoxy groups -OCH3 is 1. The number of hydrazine groups is 1. The van der Waals surface area contributed by atoms with Crippen LogP contribution in [0.5, 0.6) is 0 Å². The summed E-state index contributed by atoms with van der Waals surface area (Å²) in [6, 6.07) is 0. The third-order valence-corrected chi connectivity index (χ3v) is 6.71. The van der Waals surface area contributed by atoms with Gasteiger partial charge < -0.3 is 14.9 Å². The van der Waals surface area contributed by atoms with Crippen LogP contribution >= 0.6 is 0 Å². The van der Waals surface area contributed by atoms with Gasteiger partial charge >= 0.3 is 0 Å². The van der Waals surface area contributed by atoms with E-state index in [1.54, 1.807) is 7.11 Å². The number of nitrogens with zero attached hydrogens (tertiary/aromatic N) is 2. The fourth-order valence-corrected chi connectivity index (χ4v) is 4.22. The molecule has 2 rings (SSSR count). The first-order valence-electron chi connectivity index (χ1n) is 12.7. The predicted octanol–water partition coefficient (Wildman–Crippen LogP) is 3.92. The number of rotatable bonds is 9. The standard InChI is InChI=1S/C13H27NO2.C10H22N2O.C2H6/c1-4-14(9-10-16-3)11-13(15)7-5-12(2)6-8-13;1-9-4-6-10(13,7-5-9)8-11-12(2)3;1-2/h12,15H,4-11H2,1-3H3;9,11,13H,4-8H2,1-3H3;1-2H3. The highest BCUT2D eigenvalue weighted by atomic mass is 16.5. The van der Waals surface area contributed by atoms with Gasteiger partial charge in [0.25, 0.3) is 0 Å². The molecule has 6 heteroatoms. The molecule has 0 aromatic rings. The highest BCUT2D eigenvalue weighted by Gasteiger charge is 2.33. The highest BCUT2D eigenvalue weighted by Crippen LogP contribution is 2.32. The minimum absolute atomic E-state index is 0.448. The zero-order valence-corrected chi connectivity index (χ0v) is 22.0. The number of aliphatic hydroxyl groups is 2. The molecule has 0 spiro atoms. The lowest BCUT2D eigenvalue weighted by molar-refractivity contribution is -0.0372. The van der Waals surface area contributed by atoms with Crippen molar-refractivity contribution >= 4 is 0 Å². The molecule has 2 fully saturated rings. The van der Waals surface area contributed by atoms with Crippen molar-refractivity contribution in [2.75, 3.05) is 54.0 Å². The van der Waals surface area contributed by atoms with Crippen LogP contribution in [-0.2, 0) is 4.74 Å². The lowest BCUT2D eigenvalue weighted by atomic mass is 9.79. The second-order valence-electron chi connectivity index (χ2n) is 9.90. The van der Waals surface area contributed by atoms with Gasteiger partial charge in [-0.05, 0) is 69.7 Å². The van der Waals surface area contributed by atoms with Crippen molar-refractivity contribution in [3.05, 3.63) is 0 Å². The fourth-order valence-electron chi connectivity index (χ4n) is 4.22. The summed E-state index contributed by atoms with van der Waals surface area (Å²) in [7, 11) is 5.63. The summed E-state index contributed by atoms with van der Waals surface area (Å²) in [5.74, 6) is 1.58. The monoisotopic (exact) mass is 445 g/mol. The quantitative estimate of drug-likeness (QED) is 0.468. The Morgan fingerprint density at radius 2 is 1.35 bits per heavy atom. The van der Waals surface area contributed by atoms with E-state index in [1.807, 2.05) is 33.0 Å². The smallest absolute Gasteiger partial charge is 0.0785 e. The first-order chi connectivity index (χ1) is 14.6. The zero-order valence-electron chi connectivity index (χ0n) is 22.0. The molecule has 0 amide bonds. The summed E-state index contributed by atoms with van der Waals surface area (Å²) in [5, 5.41) is 22.6. The maximum atomic E-state index is 10.5. The Morgan fingerprint density at radius 1 is 0.903 bits per heavy atom. The van der Waals surface area contributed by atoms with E-state index in [2.05, 4.69) is 31.1 Å². The molecule has 6 nitrogen and oxygen atoms in total. The minimum Gasteiger partial charge on any atom is -0.389 e. The maximum Gasteiger partial charge on any atom is 0.0785 e. The third-order valence-electron chi connectivity index (χ3n) is 6.71. The largest absolute Gasteiger partial charge is 0.389 e. The molecule has 0 heterocycles. The summed E-state index contributed by atoms with van der Waals surface area (Å²) in [4.78, 5) is 2.29. The van der Waals surface area contributed by atoms with E-state index in [0.29, 0.717) is 6.54 Å². The van der Waals surface area contributed by atoms with Gasteiger partial charge in [0, 0.05) is 40.8 Å². The second kappa shape index (κ2) is 16.4. The van der Waals surface area contributed by atoms with Gasteiger partial charge in [0.2, 0.25) is 0 Å². The van der Waals surface area contributed by atoms with Crippen LogP contribution < -0.4 is 5.43 Å². The molecule has 2 saturated carbocycles. The van der Waals surface area contributed by atoms with Crippen molar-refractivity contribution in [2.45, 2.75) is 97.2 Å². The molecule has 2 aliphatic rings. The van der Waals surface area contributed by atoms with Crippen molar-refractivity contribution < 1.29 is 14.9 Å². The molecule has 2 aliphatic carbocycles. The molecule has 0 bridgehead atoms. The van der Waals surface area contributed by atoms with E-state index in [-0.39, 0.29) is 0 Å². The molecule has 0 unspecified atom stereocenters. The van der Waals surface area contributed by atoms with Gasteiger partial charge in [-0.3, -0.25) is 15.3 Å². The Labute approximate surface area is 193 Å². The van der Waals surface area contributed by atoms with Gasteiger partial charge in [0.05, 0.1) is 17.8 Å². The Bertz CT molecular complexity index is 418. The Hall–Kier alpha value is -0.240. The average molecular weight is 446 g/mol. The number of ether oxygens (including phenoxy) is 1. The molecule has 0 aliphatic heterocycles. The van der Waals surface area contributed by atoms with E-state index in [1.165, 1.54) is 12.8 Å². The Balaban J connectivity index is 0.000000547. The third kappa shape index (κ3) is 13.8. The summed E-state index contributed by atoms with van der Waals surface area (Å²) >= 11 is 0. The van der Waals surface area contributed by atoms with Crippen molar-refractivity contribution in [1.82, 2.24) is 15.3 Å². The van der Waals surface area contributed by atoms with Crippen molar-refractivity contribution in [3.63, 3.8) is 0 Å². The van der Waals surface area contributed by atoms with Crippen LogP contribution in [0.4, 0.5) is 0 Å².